The number of amides is 1. The van der Waals surface area contributed by atoms with Gasteiger partial charge in [0.1, 0.15) is 23.4 Å². The van der Waals surface area contributed by atoms with Crippen LogP contribution in [-0.2, 0) is 5.60 Å². The quantitative estimate of drug-likeness (QED) is 0.886. The zero-order valence-corrected chi connectivity index (χ0v) is 11.2. The van der Waals surface area contributed by atoms with E-state index >= 15 is 0 Å². The molecule has 0 bridgehead atoms. The Morgan fingerprint density at radius 2 is 2.21 bits per heavy atom. The van der Waals surface area contributed by atoms with E-state index in [1.165, 1.54) is 12.5 Å². The maximum absolute atomic E-state index is 11.8. The lowest BCUT2D eigenvalue weighted by atomic mass is 9.96. The Kier molecular flexibility index (Phi) is 3.48. The number of aliphatic hydroxyl groups is 1. The van der Waals surface area contributed by atoms with Crippen molar-refractivity contribution in [1.29, 1.82) is 0 Å². The molecule has 2 heterocycles. The highest BCUT2D eigenvalue weighted by Gasteiger charge is 2.28. The molecule has 0 fully saturated rings. The van der Waals surface area contributed by atoms with E-state index in [0.29, 0.717) is 16.9 Å². The summed E-state index contributed by atoms with van der Waals surface area (Å²) in [6, 6.07) is 3.34. The maximum atomic E-state index is 11.8. The van der Waals surface area contributed by atoms with Gasteiger partial charge in [-0.05, 0) is 32.9 Å². The molecule has 0 aromatic carbocycles. The first-order valence-corrected chi connectivity index (χ1v) is 6.00. The summed E-state index contributed by atoms with van der Waals surface area (Å²) in [4.78, 5) is 11.8. The Bertz CT molecular complexity index is 566. The minimum absolute atomic E-state index is 0.0941. The van der Waals surface area contributed by atoms with Crippen LogP contribution in [0.1, 0.15) is 34.4 Å². The topological polar surface area (TPSA) is 75.6 Å². The highest BCUT2D eigenvalue weighted by molar-refractivity contribution is 5.93. The Balaban J connectivity index is 2.06. The molecule has 0 saturated heterocycles. The van der Waals surface area contributed by atoms with Gasteiger partial charge in [-0.25, -0.2) is 0 Å². The fraction of sp³-hybridized carbons (Fsp3) is 0.357. The molecule has 19 heavy (non-hydrogen) atoms. The smallest absolute Gasteiger partial charge is 0.254 e. The largest absolute Gasteiger partial charge is 0.472 e. The number of hydrogen-bond donors (Lipinski definition) is 2. The summed E-state index contributed by atoms with van der Waals surface area (Å²) < 4.78 is 10.2. The molecule has 0 aliphatic rings. The third kappa shape index (κ3) is 2.88. The minimum Gasteiger partial charge on any atom is -0.472 e. The van der Waals surface area contributed by atoms with Gasteiger partial charge in [-0.1, -0.05) is 0 Å². The number of hydrogen-bond acceptors (Lipinski definition) is 4. The van der Waals surface area contributed by atoms with Crippen molar-refractivity contribution in [3.05, 3.63) is 47.3 Å². The highest BCUT2D eigenvalue weighted by Crippen LogP contribution is 2.26. The zero-order chi connectivity index (χ0) is 14.0. The fourth-order valence-electron chi connectivity index (χ4n) is 2.01. The van der Waals surface area contributed by atoms with E-state index in [0.717, 1.165) is 5.76 Å². The molecule has 1 amide bonds. The summed E-state index contributed by atoms with van der Waals surface area (Å²) in [5.41, 5.74) is -0.0743. The molecule has 5 heteroatoms. The van der Waals surface area contributed by atoms with Crippen LogP contribution in [0, 0.1) is 13.8 Å². The second-order valence-corrected chi connectivity index (χ2v) is 4.80. The van der Waals surface area contributed by atoms with Gasteiger partial charge in [-0.3, -0.25) is 4.79 Å². The molecule has 0 spiro atoms. The molecule has 0 aliphatic heterocycles. The minimum atomic E-state index is -1.18. The van der Waals surface area contributed by atoms with E-state index in [1.54, 1.807) is 26.0 Å². The van der Waals surface area contributed by atoms with Crippen LogP contribution in [0.2, 0.25) is 0 Å². The SMILES string of the molecule is Cc1cc(C(C)(O)CNC(=O)c2ccoc2)c(C)o1. The van der Waals surface area contributed by atoms with Gasteiger partial charge in [0.2, 0.25) is 0 Å². The summed E-state index contributed by atoms with van der Waals surface area (Å²) in [5, 5.41) is 13.1. The van der Waals surface area contributed by atoms with Crippen LogP contribution in [0.25, 0.3) is 0 Å². The third-order valence-corrected chi connectivity index (χ3v) is 3.00. The highest BCUT2D eigenvalue weighted by atomic mass is 16.3. The van der Waals surface area contributed by atoms with Gasteiger partial charge in [-0.2, -0.15) is 0 Å². The average Bonchev–Trinajstić information content (AvgIpc) is 2.96. The Morgan fingerprint density at radius 3 is 2.74 bits per heavy atom. The van der Waals surface area contributed by atoms with Crippen LogP contribution in [0.15, 0.2) is 33.5 Å². The lowest BCUT2D eigenvalue weighted by molar-refractivity contribution is 0.0514. The molecule has 102 valence electrons. The number of carbonyl (C=O) groups excluding carboxylic acids is 1. The van der Waals surface area contributed by atoms with Crippen molar-refractivity contribution in [3.63, 3.8) is 0 Å². The van der Waals surface area contributed by atoms with Crippen LogP contribution < -0.4 is 5.32 Å². The van der Waals surface area contributed by atoms with Crippen molar-refractivity contribution in [1.82, 2.24) is 5.32 Å². The van der Waals surface area contributed by atoms with E-state index in [9.17, 15) is 9.90 Å². The van der Waals surface area contributed by atoms with Crippen LogP contribution in [0.4, 0.5) is 0 Å². The second-order valence-electron chi connectivity index (χ2n) is 4.80. The fourth-order valence-corrected chi connectivity index (χ4v) is 2.01. The molecule has 1 atom stereocenters. The number of nitrogens with one attached hydrogen (secondary N) is 1. The third-order valence-electron chi connectivity index (χ3n) is 3.00. The van der Waals surface area contributed by atoms with Crippen molar-refractivity contribution in [2.24, 2.45) is 0 Å². The van der Waals surface area contributed by atoms with Gasteiger partial charge < -0.3 is 19.3 Å². The second kappa shape index (κ2) is 4.93. The van der Waals surface area contributed by atoms with Gasteiger partial charge in [-0.15, -0.1) is 0 Å². The van der Waals surface area contributed by atoms with Crippen LogP contribution >= 0.6 is 0 Å². The molecular weight excluding hydrogens is 246 g/mol. The first-order chi connectivity index (χ1) is 8.90. The number of rotatable bonds is 4. The van der Waals surface area contributed by atoms with Gasteiger partial charge in [0, 0.05) is 5.56 Å². The first-order valence-electron chi connectivity index (χ1n) is 6.00. The maximum Gasteiger partial charge on any atom is 0.254 e. The molecule has 0 radical (unpaired) electrons. The average molecular weight is 263 g/mol. The predicted octanol–water partition coefficient (Wildman–Crippen LogP) is 2.13. The number of carbonyl (C=O) groups is 1. The van der Waals surface area contributed by atoms with Gasteiger partial charge in [0.25, 0.3) is 5.91 Å². The summed E-state index contributed by atoms with van der Waals surface area (Å²) in [5.74, 6) is 1.10. The van der Waals surface area contributed by atoms with Gasteiger partial charge >= 0.3 is 0 Å². The van der Waals surface area contributed by atoms with E-state index < -0.39 is 5.60 Å². The molecule has 2 aromatic rings. The normalized spacial score (nSPS) is 14.1. The van der Waals surface area contributed by atoms with E-state index in [-0.39, 0.29) is 12.5 Å². The van der Waals surface area contributed by atoms with Crippen molar-refractivity contribution in [2.45, 2.75) is 26.4 Å². The molecule has 2 aromatic heterocycles. The standard InChI is InChI=1S/C14H17NO4/c1-9-6-12(10(2)19-9)14(3,17)8-15-13(16)11-4-5-18-7-11/h4-7,17H,8H2,1-3H3,(H,15,16). The molecule has 5 nitrogen and oxygen atoms in total. The first kappa shape index (κ1) is 13.4. The molecule has 2 N–H and O–H groups in total. The van der Waals surface area contributed by atoms with Crippen molar-refractivity contribution in [2.75, 3.05) is 6.54 Å². The summed E-state index contributed by atoms with van der Waals surface area (Å²) in [6.45, 7) is 5.34. The molecule has 0 aliphatic carbocycles. The monoisotopic (exact) mass is 263 g/mol. The van der Waals surface area contributed by atoms with E-state index in [2.05, 4.69) is 5.32 Å². The van der Waals surface area contributed by atoms with E-state index in [4.69, 9.17) is 8.83 Å². The predicted molar refractivity (Wildman–Crippen MR) is 68.8 cm³/mol. The van der Waals surface area contributed by atoms with Crippen LogP contribution in [0.5, 0.6) is 0 Å². The Labute approximate surface area is 111 Å². The number of aryl methyl sites for hydroxylation is 2. The zero-order valence-electron chi connectivity index (χ0n) is 11.2. The van der Waals surface area contributed by atoms with Gasteiger partial charge in [0.15, 0.2) is 0 Å². The summed E-state index contributed by atoms with van der Waals surface area (Å²) in [6.07, 6.45) is 2.79. The van der Waals surface area contributed by atoms with Crippen LogP contribution in [0.3, 0.4) is 0 Å². The lowest BCUT2D eigenvalue weighted by Crippen LogP contribution is -2.38. The summed E-state index contributed by atoms with van der Waals surface area (Å²) in [7, 11) is 0. The molecular formula is C14H17NO4. The molecule has 0 saturated carbocycles. The summed E-state index contributed by atoms with van der Waals surface area (Å²) >= 11 is 0. The Morgan fingerprint density at radius 1 is 1.47 bits per heavy atom. The molecule has 2 rings (SSSR count). The van der Waals surface area contributed by atoms with Crippen LogP contribution in [-0.4, -0.2) is 17.6 Å². The Hall–Kier alpha value is -2.01. The number of furan rings is 2. The van der Waals surface area contributed by atoms with Gasteiger partial charge in [0.05, 0.1) is 18.4 Å². The molecule has 1 unspecified atom stereocenters. The lowest BCUT2D eigenvalue weighted by Gasteiger charge is -2.23. The van der Waals surface area contributed by atoms with Crippen molar-refractivity contribution in [3.8, 4) is 0 Å². The van der Waals surface area contributed by atoms with E-state index in [1.807, 2.05) is 6.92 Å². The van der Waals surface area contributed by atoms with Crippen molar-refractivity contribution < 1.29 is 18.7 Å². The van der Waals surface area contributed by atoms with Crippen molar-refractivity contribution >= 4 is 5.91 Å².